The molecular weight excluding hydrogens is 411 g/mol. The number of ether oxygens (including phenoxy) is 1. The molecule has 8 nitrogen and oxygen atoms in total. The molecule has 1 heterocycles. The summed E-state index contributed by atoms with van der Waals surface area (Å²) in [5, 5.41) is 23.7. The Hall–Kier alpha value is -3.23. The number of benzene rings is 2. The van der Waals surface area contributed by atoms with Crippen LogP contribution in [0.15, 0.2) is 52.9 Å². The Bertz CT molecular complexity index is 1050. The highest BCUT2D eigenvalue weighted by Crippen LogP contribution is 2.29. The van der Waals surface area contributed by atoms with Gasteiger partial charge < -0.3 is 19.6 Å². The highest BCUT2D eigenvalue weighted by Gasteiger charge is 2.16. The summed E-state index contributed by atoms with van der Waals surface area (Å²) in [6, 6.07) is 11.0. The number of anilines is 1. The lowest BCUT2D eigenvalue weighted by Gasteiger charge is -2.07. The summed E-state index contributed by atoms with van der Waals surface area (Å²) in [5.74, 6) is -0.320. The van der Waals surface area contributed by atoms with Gasteiger partial charge in [0, 0.05) is 17.2 Å². The van der Waals surface area contributed by atoms with Crippen LogP contribution >= 0.6 is 23.2 Å². The lowest BCUT2D eigenvalue weighted by molar-refractivity contribution is -0.384. The number of nitro groups is 1. The van der Waals surface area contributed by atoms with Crippen LogP contribution in [0.2, 0.25) is 10.0 Å². The number of nitro benzene ring substituents is 1. The number of non-ortho nitro benzene ring substituents is 1. The van der Waals surface area contributed by atoms with E-state index in [1.54, 1.807) is 12.1 Å². The second kappa shape index (κ2) is 8.20. The zero-order valence-corrected chi connectivity index (χ0v) is 15.5. The largest absolute Gasteiger partial charge is 0.506 e. The number of aromatic hydroxyl groups is 1. The summed E-state index contributed by atoms with van der Waals surface area (Å²) in [4.78, 5) is 22.4. The number of hydrogen-bond acceptors (Lipinski definition) is 6. The molecule has 0 spiro atoms. The van der Waals surface area contributed by atoms with E-state index < -0.39 is 10.8 Å². The second-order valence-corrected chi connectivity index (χ2v) is 6.39. The smallest absolute Gasteiger partial charge is 0.291 e. The van der Waals surface area contributed by atoms with E-state index in [9.17, 15) is 20.0 Å². The minimum atomic E-state index is -0.688. The summed E-state index contributed by atoms with van der Waals surface area (Å²) < 4.78 is 10.9. The van der Waals surface area contributed by atoms with Crippen LogP contribution in [-0.4, -0.2) is 15.9 Å². The van der Waals surface area contributed by atoms with Gasteiger partial charge in [-0.05, 0) is 36.4 Å². The average molecular weight is 423 g/mol. The van der Waals surface area contributed by atoms with Crippen molar-refractivity contribution in [2.45, 2.75) is 6.61 Å². The molecule has 3 aromatic rings. The second-order valence-electron chi connectivity index (χ2n) is 5.54. The van der Waals surface area contributed by atoms with Crippen molar-refractivity contribution in [1.29, 1.82) is 0 Å². The van der Waals surface area contributed by atoms with E-state index >= 15 is 0 Å². The minimum absolute atomic E-state index is 0.0106. The molecule has 0 aliphatic rings. The fourth-order valence-corrected chi connectivity index (χ4v) is 2.70. The number of rotatable bonds is 6. The van der Waals surface area contributed by atoms with Gasteiger partial charge in [0.1, 0.15) is 23.9 Å². The van der Waals surface area contributed by atoms with E-state index in [-0.39, 0.29) is 29.5 Å². The molecule has 0 saturated heterocycles. The first-order valence-corrected chi connectivity index (χ1v) is 8.54. The molecule has 0 fully saturated rings. The van der Waals surface area contributed by atoms with E-state index in [4.69, 9.17) is 32.4 Å². The third-order valence-electron chi connectivity index (χ3n) is 3.59. The summed E-state index contributed by atoms with van der Waals surface area (Å²) in [5.41, 5.74) is -0.386. The van der Waals surface area contributed by atoms with Crippen molar-refractivity contribution in [1.82, 2.24) is 0 Å². The van der Waals surface area contributed by atoms with Crippen molar-refractivity contribution < 1.29 is 24.0 Å². The molecule has 1 aromatic heterocycles. The number of amides is 1. The lowest BCUT2D eigenvalue weighted by atomic mass is 10.2. The van der Waals surface area contributed by atoms with Gasteiger partial charge in [0.05, 0.1) is 15.6 Å². The van der Waals surface area contributed by atoms with Crippen molar-refractivity contribution in [2.75, 3.05) is 5.32 Å². The molecule has 144 valence electrons. The Morgan fingerprint density at radius 1 is 1.18 bits per heavy atom. The van der Waals surface area contributed by atoms with E-state index in [2.05, 4.69) is 5.32 Å². The molecule has 0 unspecified atom stereocenters. The van der Waals surface area contributed by atoms with Crippen LogP contribution in [0, 0.1) is 10.1 Å². The highest BCUT2D eigenvalue weighted by atomic mass is 35.5. The SMILES string of the molecule is O=C(Nc1cc([N+](=O)[O-])ccc1O)c1ccc(COc2ccc(Cl)cc2Cl)o1. The lowest BCUT2D eigenvalue weighted by Crippen LogP contribution is -2.11. The molecule has 10 heteroatoms. The van der Waals surface area contributed by atoms with Gasteiger partial charge in [-0.1, -0.05) is 23.2 Å². The van der Waals surface area contributed by atoms with E-state index in [1.165, 1.54) is 18.2 Å². The predicted molar refractivity (Wildman–Crippen MR) is 102 cm³/mol. The van der Waals surface area contributed by atoms with Crippen molar-refractivity contribution in [3.05, 3.63) is 80.2 Å². The van der Waals surface area contributed by atoms with E-state index in [1.807, 2.05) is 0 Å². The van der Waals surface area contributed by atoms with E-state index in [0.29, 0.717) is 21.6 Å². The molecule has 0 atom stereocenters. The van der Waals surface area contributed by atoms with Crippen molar-refractivity contribution in [3.63, 3.8) is 0 Å². The molecule has 28 heavy (non-hydrogen) atoms. The highest BCUT2D eigenvalue weighted by molar-refractivity contribution is 6.35. The Kier molecular flexibility index (Phi) is 5.72. The predicted octanol–water partition coefficient (Wildman–Crippen LogP) is 5.03. The number of hydrogen-bond donors (Lipinski definition) is 2. The van der Waals surface area contributed by atoms with Crippen LogP contribution in [0.4, 0.5) is 11.4 Å². The molecule has 1 amide bonds. The van der Waals surface area contributed by atoms with Crippen LogP contribution in [0.5, 0.6) is 11.5 Å². The number of phenols is 1. The summed E-state index contributed by atoms with van der Waals surface area (Å²) in [7, 11) is 0. The van der Waals surface area contributed by atoms with Crippen molar-refractivity contribution in [3.8, 4) is 11.5 Å². The molecule has 0 bridgehead atoms. The molecule has 0 aliphatic carbocycles. The maximum atomic E-state index is 12.3. The van der Waals surface area contributed by atoms with Crippen molar-refractivity contribution >= 4 is 40.5 Å². The quantitative estimate of drug-likeness (QED) is 0.326. The van der Waals surface area contributed by atoms with Gasteiger partial charge in [0.2, 0.25) is 0 Å². The van der Waals surface area contributed by atoms with Gasteiger partial charge in [-0.2, -0.15) is 0 Å². The normalized spacial score (nSPS) is 10.5. The number of carbonyl (C=O) groups is 1. The zero-order valence-electron chi connectivity index (χ0n) is 14.0. The number of phenolic OH excluding ortho intramolecular Hbond substituents is 1. The number of nitrogens with one attached hydrogen (secondary N) is 1. The topological polar surface area (TPSA) is 115 Å². The molecule has 2 N–H and O–H groups in total. The van der Waals surface area contributed by atoms with Gasteiger partial charge >= 0.3 is 0 Å². The van der Waals surface area contributed by atoms with Gasteiger partial charge in [0.25, 0.3) is 11.6 Å². The van der Waals surface area contributed by atoms with Crippen LogP contribution < -0.4 is 10.1 Å². The first-order valence-electron chi connectivity index (χ1n) is 7.79. The summed E-state index contributed by atoms with van der Waals surface area (Å²) in [6.45, 7) is 0.0106. The Labute approximate surface area is 168 Å². The number of nitrogens with zero attached hydrogens (tertiary/aromatic N) is 1. The molecular formula is C18H12Cl2N2O6. The average Bonchev–Trinajstić information content (AvgIpc) is 3.12. The first-order chi connectivity index (χ1) is 13.3. The van der Waals surface area contributed by atoms with Crippen molar-refractivity contribution in [2.24, 2.45) is 0 Å². The van der Waals surface area contributed by atoms with Gasteiger partial charge in [-0.15, -0.1) is 0 Å². The zero-order chi connectivity index (χ0) is 20.3. The fraction of sp³-hybridized carbons (Fsp3) is 0.0556. The Morgan fingerprint density at radius 3 is 2.68 bits per heavy atom. The van der Waals surface area contributed by atoms with Crippen LogP contribution in [-0.2, 0) is 6.61 Å². The number of furan rings is 1. The van der Waals surface area contributed by atoms with Crippen LogP contribution in [0.25, 0.3) is 0 Å². The molecule has 0 saturated carbocycles. The summed E-state index contributed by atoms with van der Waals surface area (Å²) >= 11 is 11.8. The monoisotopic (exact) mass is 422 g/mol. The number of halogens is 2. The standard InChI is InChI=1S/C18H12Cl2N2O6/c19-10-1-5-16(13(20)7-10)27-9-12-3-6-17(28-12)18(24)21-14-8-11(22(25)26)2-4-15(14)23/h1-8,23H,9H2,(H,21,24). The van der Waals surface area contributed by atoms with Gasteiger partial charge in [-0.3, -0.25) is 14.9 Å². The molecule has 3 rings (SSSR count). The first kappa shape index (κ1) is 19.5. The van der Waals surface area contributed by atoms with Gasteiger partial charge in [0.15, 0.2) is 5.76 Å². The Morgan fingerprint density at radius 2 is 1.96 bits per heavy atom. The maximum absolute atomic E-state index is 12.3. The number of carbonyl (C=O) groups excluding carboxylic acids is 1. The molecule has 0 aliphatic heterocycles. The Balaban J connectivity index is 1.67. The van der Waals surface area contributed by atoms with Crippen LogP contribution in [0.3, 0.4) is 0 Å². The third kappa shape index (κ3) is 4.54. The molecule has 0 radical (unpaired) electrons. The van der Waals surface area contributed by atoms with Crippen LogP contribution in [0.1, 0.15) is 16.3 Å². The third-order valence-corrected chi connectivity index (χ3v) is 4.12. The summed E-state index contributed by atoms with van der Waals surface area (Å²) in [6.07, 6.45) is 0. The van der Waals surface area contributed by atoms with Gasteiger partial charge in [-0.25, -0.2) is 0 Å². The minimum Gasteiger partial charge on any atom is -0.506 e. The van der Waals surface area contributed by atoms with E-state index in [0.717, 1.165) is 18.2 Å². The fourth-order valence-electron chi connectivity index (χ4n) is 2.24. The maximum Gasteiger partial charge on any atom is 0.291 e. The molecule has 2 aromatic carbocycles.